The van der Waals surface area contributed by atoms with Crippen LogP contribution in [0.15, 0.2) is 36.7 Å². The van der Waals surface area contributed by atoms with Crippen molar-refractivity contribution in [1.82, 2.24) is 24.7 Å². The molecule has 0 bridgehead atoms. The third kappa shape index (κ3) is 3.29. The molecular formula is C19H22FN5O. The van der Waals surface area contributed by atoms with Gasteiger partial charge in [0.1, 0.15) is 17.8 Å². The number of nitrogens with zero attached hydrogens (tertiary/aromatic N) is 5. The molecule has 0 radical (unpaired) electrons. The van der Waals surface area contributed by atoms with Crippen LogP contribution in [0.2, 0.25) is 0 Å². The van der Waals surface area contributed by atoms with Crippen molar-refractivity contribution >= 4 is 11.6 Å². The van der Waals surface area contributed by atoms with E-state index >= 15 is 0 Å². The first-order valence-corrected chi connectivity index (χ1v) is 8.66. The maximum Gasteiger partial charge on any atom is 0.274 e. The molecule has 136 valence electrons. The summed E-state index contributed by atoms with van der Waals surface area (Å²) in [6.45, 7) is 6.07. The highest BCUT2D eigenvalue weighted by Gasteiger charge is 2.24. The molecule has 26 heavy (non-hydrogen) atoms. The molecular weight excluding hydrogens is 333 g/mol. The summed E-state index contributed by atoms with van der Waals surface area (Å²) in [6, 6.07) is 7.87. The highest BCUT2D eigenvalue weighted by atomic mass is 19.1. The molecule has 3 aromatic rings. The molecule has 0 aliphatic rings. The summed E-state index contributed by atoms with van der Waals surface area (Å²) >= 11 is 0. The molecule has 2 heterocycles. The van der Waals surface area contributed by atoms with Crippen molar-refractivity contribution in [2.75, 3.05) is 7.05 Å². The van der Waals surface area contributed by atoms with E-state index in [0.29, 0.717) is 17.8 Å². The van der Waals surface area contributed by atoms with E-state index in [2.05, 4.69) is 15.3 Å². The summed E-state index contributed by atoms with van der Waals surface area (Å²) in [5.74, 6) is -0.307. The number of halogens is 1. The summed E-state index contributed by atoms with van der Waals surface area (Å²) in [7, 11) is 1.74. The number of amides is 1. The van der Waals surface area contributed by atoms with Gasteiger partial charge in [0.2, 0.25) is 0 Å². The number of aromatic nitrogens is 4. The number of rotatable bonds is 5. The van der Waals surface area contributed by atoms with Crippen LogP contribution in [-0.4, -0.2) is 37.7 Å². The lowest BCUT2D eigenvalue weighted by molar-refractivity contribution is 0.0718. The minimum atomic E-state index is -0.293. The van der Waals surface area contributed by atoms with E-state index < -0.39 is 0 Å². The lowest BCUT2D eigenvalue weighted by atomic mass is 10.0. The van der Waals surface area contributed by atoms with Gasteiger partial charge in [-0.05, 0) is 36.1 Å². The first-order chi connectivity index (χ1) is 12.4. The SMILES string of the molecule is CC[C@H](c1ccc(F)cc1)N(C)C(=O)c1cc(C(C)C)c2nncn2n1. The van der Waals surface area contributed by atoms with Crippen molar-refractivity contribution in [1.29, 1.82) is 0 Å². The molecule has 1 aromatic carbocycles. The average Bonchev–Trinajstić information content (AvgIpc) is 3.10. The van der Waals surface area contributed by atoms with Gasteiger partial charge >= 0.3 is 0 Å². The molecule has 0 N–H and O–H groups in total. The Bertz CT molecular complexity index is 919. The van der Waals surface area contributed by atoms with Crippen LogP contribution in [0.3, 0.4) is 0 Å². The topological polar surface area (TPSA) is 63.4 Å². The molecule has 0 spiro atoms. The van der Waals surface area contributed by atoms with Crippen molar-refractivity contribution in [2.24, 2.45) is 0 Å². The molecule has 0 saturated carbocycles. The van der Waals surface area contributed by atoms with Gasteiger partial charge in [-0.25, -0.2) is 4.39 Å². The summed E-state index contributed by atoms with van der Waals surface area (Å²) < 4.78 is 14.7. The summed E-state index contributed by atoms with van der Waals surface area (Å²) in [5, 5.41) is 12.3. The van der Waals surface area contributed by atoms with E-state index in [-0.39, 0.29) is 23.7 Å². The van der Waals surface area contributed by atoms with Gasteiger partial charge in [-0.15, -0.1) is 10.2 Å². The molecule has 0 saturated heterocycles. The van der Waals surface area contributed by atoms with E-state index in [9.17, 15) is 9.18 Å². The van der Waals surface area contributed by atoms with Crippen LogP contribution in [0.5, 0.6) is 0 Å². The zero-order chi connectivity index (χ0) is 18.8. The minimum Gasteiger partial charge on any atom is -0.333 e. The molecule has 0 aliphatic carbocycles. The second-order valence-electron chi connectivity index (χ2n) is 6.63. The Balaban J connectivity index is 1.97. The van der Waals surface area contributed by atoms with Gasteiger partial charge in [0.15, 0.2) is 5.65 Å². The number of benzene rings is 1. The van der Waals surface area contributed by atoms with Gasteiger partial charge in [0, 0.05) is 12.6 Å². The van der Waals surface area contributed by atoms with Gasteiger partial charge in [0.05, 0.1) is 6.04 Å². The Morgan fingerprint density at radius 2 is 1.96 bits per heavy atom. The van der Waals surface area contributed by atoms with Crippen LogP contribution in [0.1, 0.15) is 60.8 Å². The summed E-state index contributed by atoms with van der Waals surface area (Å²) in [6.07, 6.45) is 2.20. The van der Waals surface area contributed by atoms with E-state index in [1.807, 2.05) is 20.8 Å². The third-order valence-corrected chi connectivity index (χ3v) is 4.57. The largest absolute Gasteiger partial charge is 0.333 e. The molecule has 3 rings (SSSR count). The van der Waals surface area contributed by atoms with E-state index in [0.717, 1.165) is 11.1 Å². The molecule has 0 fully saturated rings. The predicted molar refractivity (Wildman–Crippen MR) is 96.4 cm³/mol. The molecule has 6 nitrogen and oxygen atoms in total. The van der Waals surface area contributed by atoms with Crippen LogP contribution in [0, 0.1) is 5.82 Å². The van der Waals surface area contributed by atoms with Crippen LogP contribution < -0.4 is 0 Å². The summed E-state index contributed by atoms with van der Waals surface area (Å²) in [5.41, 5.74) is 2.80. The fourth-order valence-electron chi connectivity index (χ4n) is 3.12. The fraction of sp³-hybridized carbons (Fsp3) is 0.368. The quantitative estimate of drug-likeness (QED) is 0.701. The maximum atomic E-state index is 13.2. The van der Waals surface area contributed by atoms with Crippen LogP contribution >= 0.6 is 0 Å². The van der Waals surface area contributed by atoms with Gasteiger partial charge in [0.25, 0.3) is 5.91 Å². The highest BCUT2D eigenvalue weighted by Crippen LogP contribution is 2.26. The van der Waals surface area contributed by atoms with Crippen molar-refractivity contribution in [2.45, 2.75) is 39.2 Å². The van der Waals surface area contributed by atoms with Gasteiger partial charge in [-0.2, -0.15) is 9.61 Å². The van der Waals surface area contributed by atoms with Crippen LogP contribution in [0.25, 0.3) is 5.65 Å². The lowest BCUT2D eigenvalue weighted by Crippen LogP contribution is -2.32. The second kappa shape index (κ2) is 7.19. The molecule has 1 amide bonds. The highest BCUT2D eigenvalue weighted by molar-refractivity contribution is 5.92. The molecule has 0 unspecified atom stereocenters. The fourth-order valence-corrected chi connectivity index (χ4v) is 3.12. The molecule has 0 aliphatic heterocycles. The zero-order valence-corrected chi connectivity index (χ0v) is 15.3. The average molecular weight is 355 g/mol. The second-order valence-corrected chi connectivity index (χ2v) is 6.63. The molecule has 2 aromatic heterocycles. The normalized spacial score (nSPS) is 12.5. The Morgan fingerprint density at radius 1 is 1.27 bits per heavy atom. The summed E-state index contributed by atoms with van der Waals surface area (Å²) in [4.78, 5) is 14.7. The Labute approximate surface area is 151 Å². The smallest absolute Gasteiger partial charge is 0.274 e. The zero-order valence-electron chi connectivity index (χ0n) is 15.3. The van der Waals surface area contributed by atoms with Crippen molar-refractivity contribution in [3.05, 3.63) is 59.3 Å². The molecule has 7 heteroatoms. The Morgan fingerprint density at radius 3 is 2.58 bits per heavy atom. The number of hydrogen-bond donors (Lipinski definition) is 0. The van der Waals surface area contributed by atoms with Gasteiger partial charge in [-0.1, -0.05) is 32.9 Å². The first kappa shape index (κ1) is 18.0. The number of hydrogen-bond acceptors (Lipinski definition) is 4. The predicted octanol–water partition coefficient (Wildman–Crippen LogP) is 3.61. The first-order valence-electron chi connectivity index (χ1n) is 8.66. The number of carbonyl (C=O) groups excluding carboxylic acids is 1. The monoisotopic (exact) mass is 355 g/mol. The maximum absolute atomic E-state index is 13.2. The van der Waals surface area contributed by atoms with E-state index in [1.165, 1.54) is 23.0 Å². The van der Waals surface area contributed by atoms with Gasteiger partial charge < -0.3 is 4.90 Å². The Kier molecular flexibility index (Phi) is 4.97. The Hall–Kier alpha value is -2.83. The minimum absolute atomic E-state index is 0.163. The van der Waals surface area contributed by atoms with Gasteiger partial charge in [-0.3, -0.25) is 4.79 Å². The van der Waals surface area contributed by atoms with Crippen LogP contribution in [-0.2, 0) is 0 Å². The van der Waals surface area contributed by atoms with Crippen LogP contribution in [0.4, 0.5) is 4.39 Å². The number of fused-ring (bicyclic) bond motifs is 1. The third-order valence-electron chi connectivity index (χ3n) is 4.57. The van der Waals surface area contributed by atoms with Crippen molar-refractivity contribution in [3.63, 3.8) is 0 Å². The van der Waals surface area contributed by atoms with E-state index in [1.54, 1.807) is 30.1 Å². The lowest BCUT2D eigenvalue weighted by Gasteiger charge is -2.27. The van der Waals surface area contributed by atoms with E-state index in [4.69, 9.17) is 0 Å². The van der Waals surface area contributed by atoms with Crippen molar-refractivity contribution < 1.29 is 9.18 Å². The number of carbonyl (C=O) groups is 1. The van der Waals surface area contributed by atoms with Crippen molar-refractivity contribution in [3.8, 4) is 0 Å². The molecule has 1 atom stereocenters. The standard InChI is InChI=1S/C19H22FN5O/c1-5-17(13-6-8-14(20)9-7-13)24(4)19(26)16-10-15(12(2)3)18-22-21-11-25(18)23-16/h6-12,17H,5H2,1-4H3/t17-/m1/s1.